The highest BCUT2D eigenvalue weighted by Gasteiger charge is 2.14. The van der Waals surface area contributed by atoms with E-state index in [4.69, 9.17) is 14.3 Å². The van der Waals surface area contributed by atoms with Gasteiger partial charge in [0, 0.05) is 4.47 Å². The summed E-state index contributed by atoms with van der Waals surface area (Å²) in [6, 6.07) is 5.34. The molecule has 4 nitrogen and oxygen atoms in total. The van der Waals surface area contributed by atoms with Crippen LogP contribution in [0.25, 0.3) is 0 Å². The largest absolute Gasteiger partial charge is 0.486 e. The van der Waals surface area contributed by atoms with E-state index in [0.717, 1.165) is 21.3 Å². The summed E-state index contributed by atoms with van der Waals surface area (Å²) in [5.41, 5.74) is 2.34. The Kier molecular flexibility index (Phi) is 4.18. The van der Waals surface area contributed by atoms with Crippen LogP contribution in [0.15, 0.2) is 27.1 Å². The van der Waals surface area contributed by atoms with E-state index in [2.05, 4.69) is 15.9 Å². The summed E-state index contributed by atoms with van der Waals surface area (Å²) >= 11 is 3.50. The Morgan fingerprint density at radius 1 is 1.25 bits per heavy atom. The number of rotatable bonds is 4. The smallest absolute Gasteiger partial charge is 0.339 e. The summed E-state index contributed by atoms with van der Waals surface area (Å²) < 4.78 is 12.1. The van der Waals surface area contributed by atoms with E-state index >= 15 is 0 Å². The molecule has 0 fully saturated rings. The molecule has 1 aromatic carbocycles. The van der Waals surface area contributed by atoms with Crippen LogP contribution < -0.4 is 4.74 Å². The molecule has 0 saturated carbocycles. The van der Waals surface area contributed by atoms with Gasteiger partial charge in [0.15, 0.2) is 0 Å². The molecule has 0 bridgehead atoms. The van der Waals surface area contributed by atoms with Gasteiger partial charge in [-0.2, -0.15) is 0 Å². The van der Waals surface area contributed by atoms with Crippen LogP contribution in [-0.4, -0.2) is 11.1 Å². The van der Waals surface area contributed by atoms with Crippen LogP contribution >= 0.6 is 15.9 Å². The number of benzene rings is 1. The number of hydrogen-bond acceptors (Lipinski definition) is 3. The van der Waals surface area contributed by atoms with E-state index in [1.54, 1.807) is 6.92 Å². The van der Waals surface area contributed by atoms with Crippen molar-refractivity contribution in [1.29, 1.82) is 0 Å². The maximum Gasteiger partial charge on any atom is 0.339 e. The quantitative estimate of drug-likeness (QED) is 0.905. The van der Waals surface area contributed by atoms with Gasteiger partial charge in [-0.1, -0.05) is 15.9 Å². The monoisotopic (exact) mass is 338 g/mol. The van der Waals surface area contributed by atoms with Gasteiger partial charge in [0.25, 0.3) is 0 Å². The van der Waals surface area contributed by atoms with E-state index in [9.17, 15) is 4.79 Å². The predicted molar refractivity (Wildman–Crippen MR) is 78.4 cm³/mol. The Labute approximate surface area is 125 Å². The highest BCUT2D eigenvalue weighted by Crippen LogP contribution is 2.27. The van der Waals surface area contributed by atoms with Crippen molar-refractivity contribution in [2.24, 2.45) is 0 Å². The van der Waals surface area contributed by atoms with Crippen LogP contribution in [0.2, 0.25) is 0 Å². The standard InChI is InChI=1S/C15H15BrO4/c1-8-4-11(5-9(2)14(8)16)19-7-12-6-13(15(17)18)10(3)20-12/h4-6H,7H2,1-3H3,(H,17,18). The van der Waals surface area contributed by atoms with Gasteiger partial charge < -0.3 is 14.3 Å². The first-order chi connectivity index (χ1) is 9.38. The number of carboxylic acids is 1. The molecule has 0 spiro atoms. The normalized spacial score (nSPS) is 10.6. The average Bonchev–Trinajstić information content (AvgIpc) is 2.75. The molecular weight excluding hydrogens is 324 g/mol. The zero-order valence-electron chi connectivity index (χ0n) is 11.5. The number of ether oxygens (including phenoxy) is 1. The van der Waals surface area contributed by atoms with Crippen molar-refractivity contribution in [1.82, 2.24) is 0 Å². The minimum Gasteiger partial charge on any atom is -0.486 e. The second-order valence-corrected chi connectivity index (χ2v) is 5.44. The summed E-state index contributed by atoms with van der Waals surface area (Å²) in [4.78, 5) is 10.9. The highest BCUT2D eigenvalue weighted by molar-refractivity contribution is 9.10. The first kappa shape index (κ1) is 14.7. The molecule has 0 unspecified atom stereocenters. The first-order valence-corrected chi connectivity index (χ1v) is 6.90. The van der Waals surface area contributed by atoms with Crippen molar-refractivity contribution >= 4 is 21.9 Å². The Balaban J connectivity index is 2.13. The molecule has 1 heterocycles. The topological polar surface area (TPSA) is 59.7 Å². The number of aryl methyl sites for hydroxylation is 3. The maximum absolute atomic E-state index is 10.9. The van der Waals surface area contributed by atoms with Crippen LogP contribution in [0.5, 0.6) is 5.75 Å². The molecule has 2 rings (SSSR count). The Morgan fingerprint density at radius 2 is 1.85 bits per heavy atom. The van der Waals surface area contributed by atoms with Crippen molar-refractivity contribution in [3.8, 4) is 5.75 Å². The lowest BCUT2D eigenvalue weighted by Gasteiger charge is -2.09. The SMILES string of the molecule is Cc1cc(OCc2cc(C(=O)O)c(C)o2)cc(C)c1Br. The number of carbonyl (C=O) groups is 1. The third kappa shape index (κ3) is 3.04. The second-order valence-electron chi connectivity index (χ2n) is 4.65. The molecule has 106 valence electrons. The summed E-state index contributed by atoms with van der Waals surface area (Å²) in [6.07, 6.45) is 0. The minimum absolute atomic E-state index is 0.173. The van der Waals surface area contributed by atoms with Gasteiger partial charge in [0.1, 0.15) is 29.4 Å². The Bertz CT molecular complexity index is 635. The van der Waals surface area contributed by atoms with Gasteiger partial charge in [-0.15, -0.1) is 0 Å². The molecule has 0 aliphatic rings. The van der Waals surface area contributed by atoms with Crippen LogP contribution in [-0.2, 0) is 6.61 Å². The predicted octanol–water partition coefficient (Wildman–Crippen LogP) is 4.24. The molecule has 20 heavy (non-hydrogen) atoms. The third-order valence-corrected chi connectivity index (χ3v) is 4.24. The molecule has 0 saturated heterocycles. The van der Waals surface area contributed by atoms with Crippen molar-refractivity contribution in [2.75, 3.05) is 0 Å². The fourth-order valence-corrected chi connectivity index (χ4v) is 2.20. The summed E-state index contributed by atoms with van der Waals surface area (Å²) in [6.45, 7) is 5.81. The minimum atomic E-state index is -0.993. The molecule has 0 aliphatic carbocycles. The van der Waals surface area contributed by atoms with Crippen molar-refractivity contribution in [2.45, 2.75) is 27.4 Å². The number of carboxylic acid groups (broad SMARTS) is 1. The van der Waals surface area contributed by atoms with E-state index in [0.29, 0.717) is 11.5 Å². The van der Waals surface area contributed by atoms with Crippen LogP contribution in [0.3, 0.4) is 0 Å². The van der Waals surface area contributed by atoms with Gasteiger partial charge in [-0.05, 0) is 50.1 Å². The van der Waals surface area contributed by atoms with E-state index in [1.807, 2.05) is 26.0 Å². The second kappa shape index (κ2) is 5.71. The first-order valence-electron chi connectivity index (χ1n) is 6.10. The molecular formula is C15H15BrO4. The van der Waals surface area contributed by atoms with E-state index in [-0.39, 0.29) is 12.2 Å². The lowest BCUT2D eigenvalue weighted by molar-refractivity contribution is 0.0695. The lowest BCUT2D eigenvalue weighted by Crippen LogP contribution is -1.96. The Morgan fingerprint density at radius 3 is 2.35 bits per heavy atom. The van der Waals surface area contributed by atoms with Crippen molar-refractivity contribution in [3.05, 3.63) is 50.9 Å². The summed E-state index contributed by atoms with van der Waals surface area (Å²) in [5, 5.41) is 8.96. The summed E-state index contributed by atoms with van der Waals surface area (Å²) in [5.74, 6) is 0.624. The van der Waals surface area contributed by atoms with Crippen molar-refractivity contribution in [3.63, 3.8) is 0 Å². The van der Waals surface area contributed by atoms with E-state index in [1.165, 1.54) is 6.07 Å². The zero-order chi connectivity index (χ0) is 14.9. The Hall–Kier alpha value is -1.75. The number of furan rings is 1. The highest BCUT2D eigenvalue weighted by atomic mass is 79.9. The number of aromatic carboxylic acids is 1. The van der Waals surface area contributed by atoms with Crippen molar-refractivity contribution < 1.29 is 19.1 Å². The van der Waals surface area contributed by atoms with Gasteiger partial charge in [0.2, 0.25) is 0 Å². The van der Waals surface area contributed by atoms with E-state index < -0.39 is 5.97 Å². The molecule has 0 atom stereocenters. The molecule has 2 aromatic rings. The van der Waals surface area contributed by atoms with Gasteiger partial charge in [-0.3, -0.25) is 0 Å². The molecule has 0 radical (unpaired) electrons. The molecule has 1 N–H and O–H groups in total. The van der Waals surface area contributed by atoms with Crippen LogP contribution in [0.4, 0.5) is 0 Å². The third-order valence-electron chi connectivity index (χ3n) is 2.99. The fraction of sp³-hybridized carbons (Fsp3) is 0.267. The fourth-order valence-electron chi connectivity index (χ4n) is 1.97. The molecule has 0 amide bonds. The number of hydrogen-bond donors (Lipinski definition) is 1. The molecule has 5 heteroatoms. The van der Waals surface area contributed by atoms with Crippen LogP contribution in [0, 0.1) is 20.8 Å². The number of halogens is 1. The van der Waals surface area contributed by atoms with Gasteiger partial charge in [-0.25, -0.2) is 4.79 Å². The van der Waals surface area contributed by atoms with Crippen LogP contribution in [0.1, 0.15) is 33.0 Å². The molecule has 0 aliphatic heterocycles. The lowest BCUT2D eigenvalue weighted by atomic mass is 10.1. The molecule has 1 aromatic heterocycles. The van der Waals surface area contributed by atoms with Gasteiger partial charge in [0.05, 0.1) is 0 Å². The average molecular weight is 339 g/mol. The zero-order valence-corrected chi connectivity index (χ0v) is 13.1. The maximum atomic E-state index is 10.9. The summed E-state index contributed by atoms with van der Waals surface area (Å²) in [7, 11) is 0. The van der Waals surface area contributed by atoms with Gasteiger partial charge >= 0.3 is 5.97 Å².